The lowest BCUT2D eigenvalue weighted by atomic mass is 9.75. The smallest absolute Gasteiger partial charge is 0.0586 e. The molecule has 0 aromatic carbocycles. The fourth-order valence-corrected chi connectivity index (χ4v) is 4.25. The van der Waals surface area contributed by atoms with E-state index in [0.717, 1.165) is 11.3 Å². The van der Waals surface area contributed by atoms with Gasteiger partial charge in [0, 0.05) is 0 Å². The van der Waals surface area contributed by atoms with Crippen molar-refractivity contribution in [2.24, 2.45) is 11.3 Å². The van der Waals surface area contributed by atoms with Gasteiger partial charge in [0.25, 0.3) is 0 Å². The first kappa shape index (κ1) is 10.8. The van der Waals surface area contributed by atoms with Crippen LogP contribution in [-0.4, -0.2) is 17.7 Å². The minimum absolute atomic E-state index is 0.586. The summed E-state index contributed by atoms with van der Waals surface area (Å²) in [5, 5.41) is 4.48. The molecule has 0 amide bonds. The number of hydrogen-bond donors (Lipinski definition) is 1. The van der Waals surface area contributed by atoms with Gasteiger partial charge in [-0.2, -0.15) is 0 Å². The van der Waals surface area contributed by atoms with Crippen LogP contribution in [0.5, 0.6) is 0 Å². The molecule has 1 nitrogen and oxygen atoms in total. The fraction of sp³-hybridized carbons (Fsp3) is 1.00. The lowest BCUT2D eigenvalue weighted by molar-refractivity contribution is 0.185. The van der Waals surface area contributed by atoms with Crippen molar-refractivity contribution in [1.82, 2.24) is 5.32 Å². The normalized spacial score (nSPS) is 38.1. The first-order valence-corrected chi connectivity index (χ1v) is 7.10. The molecule has 1 saturated heterocycles. The second kappa shape index (κ2) is 4.44. The van der Waals surface area contributed by atoms with Crippen molar-refractivity contribution < 1.29 is 0 Å². The maximum atomic E-state index is 3.74. The van der Waals surface area contributed by atoms with Gasteiger partial charge in [-0.15, -0.1) is 11.8 Å². The molecule has 0 bridgehead atoms. The minimum atomic E-state index is 0.586. The van der Waals surface area contributed by atoms with Crippen LogP contribution in [-0.2, 0) is 0 Å². The van der Waals surface area contributed by atoms with E-state index in [-0.39, 0.29) is 0 Å². The highest BCUT2D eigenvalue weighted by Gasteiger charge is 2.37. The zero-order chi connectivity index (χ0) is 10.0. The van der Waals surface area contributed by atoms with Gasteiger partial charge in [-0.3, -0.25) is 0 Å². The molecule has 1 heterocycles. The van der Waals surface area contributed by atoms with E-state index in [9.17, 15) is 0 Å². The van der Waals surface area contributed by atoms with Gasteiger partial charge in [0.2, 0.25) is 0 Å². The summed E-state index contributed by atoms with van der Waals surface area (Å²) in [6.45, 7) is 6.07. The molecule has 2 aliphatic rings. The number of hydrogen-bond acceptors (Lipinski definition) is 2. The van der Waals surface area contributed by atoms with Crippen molar-refractivity contribution >= 4 is 11.8 Å². The van der Waals surface area contributed by atoms with Gasteiger partial charge in [-0.25, -0.2) is 0 Å². The van der Waals surface area contributed by atoms with Crippen molar-refractivity contribution in [2.45, 2.75) is 51.3 Å². The summed E-state index contributed by atoms with van der Waals surface area (Å²) in [4.78, 5) is 0. The Hall–Kier alpha value is 0.310. The van der Waals surface area contributed by atoms with Crippen LogP contribution in [0.3, 0.4) is 0 Å². The molecule has 2 heteroatoms. The quantitative estimate of drug-likeness (QED) is 0.717. The summed E-state index contributed by atoms with van der Waals surface area (Å²) >= 11 is 2.17. The molecular weight excluding hydrogens is 190 g/mol. The molecule has 2 fully saturated rings. The molecule has 1 N–H and O–H groups in total. The minimum Gasteiger partial charge on any atom is -0.305 e. The van der Waals surface area contributed by atoms with Gasteiger partial charge in [0.1, 0.15) is 0 Å². The van der Waals surface area contributed by atoms with E-state index in [1.165, 1.54) is 44.4 Å². The average molecular weight is 213 g/mol. The summed E-state index contributed by atoms with van der Waals surface area (Å²) in [5.74, 6) is 2.22. The molecule has 1 aliphatic heterocycles. The second-order valence-corrected chi connectivity index (χ2v) is 6.58. The molecular formula is C12H23NS. The van der Waals surface area contributed by atoms with Gasteiger partial charge < -0.3 is 5.32 Å². The van der Waals surface area contributed by atoms with Gasteiger partial charge in [-0.1, -0.05) is 33.1 Å². The maximum absolute atomic E-state index is 3.74. The van der Waals surface area contributed by atoms with E-state index in [1.54, 1.807) is 0 Å². The molecule has 0 radical (unpaired) electrons. The summed E-state index contributed by atoms with van der Waals surface area (Å²) in [6, 6.07) is 0. The van der Waals surface area contributed by atoms with Crippen LogP contribution in [0, 0.1) is 11.3 Å². The average Bonchev–Trinajstić information content (AvgIpc) is 2.19. The summed E-state index contributed by atoms with van der Waals surface area (Å²) in [5.41, 5.74) is 0.586. The topological polar surface area (TPSA) is 12.0 Å². The van der Waals surface area contributed by atoms with Crippen LogP contribution in [0.25, 0.3) is 0 Å². The van der Waals surface area contributed by atoms with E-state index in [0.29, 0.717) is 5.41 Å². The van der Waals surface area contributed by atoms with E-state index >= 15 is 0 Å². The van der Waals surface area contributed by atoms with Gasteiger partial charge in [-0.05, 0) is 36.5 Å². The predicted molar refractivity (Wildman–Crippen MR) is 64.6 cm³/mol. The highest BCUT2D eigenvalue weighted by atomic mass is 32.2. The SMILES string of the molecule is CC1CNC(C2(C)CCCCC2)SC1. The summed E-state index contributed by atoms with van der Waals surface area (Å²) in [7, 11) is 0. The highest BCUT2D eigenvalue weighted by Crippen LogP contribution is 2.43. The van der Waals surface area contributed by atoms with E-state index in [2.05, 4.69) is 30.9 Å². The van der Waals surface area contributed by atoms with Gasteiger partial charge in [0.15, 0.2) is 0 Å². The molecule has 82 valence electrons. The van der Waals surface area contributed by atoms with Crippen molar-refractivity contribution in [3.63, 3.8) is 0 Å². The Bertz CT molecular complexity index is 179. The largest absolute Gasteiger partial charge is 0.305 e. The van der Waals surface area contributed by atoms with Gasteiger partial charge >= 0.3 is 0 Å². The van der Waals surface area contributed by atoms with Crippen LogP contribution in [0.1, 0.15) is 46.0 Å². The van der Waals surface area contributed by atoms with Crippen molar-refractivity contribution in [3.05, 3.63) is 0 Å². The lowest BCUT2D eigenvalue weighted by Gasteiger charge is -2.43. The Labute approximate surface area is 92.4 Å². The van der Waals surface area contributed by atoms with Crippen LogP contribution < -0.4 is 5.32 Å². The number of thioether (sulfide) groups is 1. The molecule has 2 atom stereocenters. The van der Waals surface area contributed by atoms with Crippen LogP contribution >= 0.6 is 11.8 Å². The molecule has 1 aliphatic carbocycles. The molecule has 1 saturated carbocycles. The Kier molecular flexibility index (Phi) is 3.43. The third kappa shape index (κ3) is 2.27. The summed E-state index contributed by atoms with van der Waals surface area (Å²) in [6.07, 6.45) is 7.23. The fourth-order valence-electron chi connectivity index (χ4n) is 2.76. The Morgan fingerprint density at radius 2 is 1.93 bits per heavy atom. The third-order valence-electron chi connectivity index (χ3n) is 3.83. The number of nitrogens with one attached hydrogen (secondary N) is 1. The van der Waals surface area contributed by atoms with Crippen molar-refractivity contribution in [3.8, 4) is 0 Å². The predicted octanol–water partition coefficient (Wildman–Crippen LogP) is 3.26. The molecule has 2 unspecified atom stereocenters. The van der Waals surface area contributed by atoms with E-state index in [1.807, 2.05) is 0 Å². The molecule has 0 aromatic rings. The van der Waals surface area contributed by atoms with Crippen molar-refractivity contribution in [2.75, 3.05) is 12.3 Å². The molecule has 14 heavy (non-hydrogen) atoms. The summed E-state index contributed by atoms with van der Waals surface area (Å²) < 4.78 is 0. The molecule has 0 aromatic heterocycles. The zero-order valence-electron chi connectivity index (χ0n) is 9.51. The van der Waals surface area contributed by atoms with Crippen LogP contribution in [0.15, 0.2) is 0 Å². The van der Waals surface area contributed by atoms with E-state index < -0.39 is 0 Å². The van der Waals surface area contributed by atoms with Crippen LogP contribution in [0.4, 0.5) is 0 Å². The standard InChI is InChI=1S/C12H23NS/c1-10-8-13-11(14-9-10)12(2)6-4-3-5-7-12/h10-11,13H,3-9H2,1-2H3. The van der Waals surface area contributed by atoms with Gasteiger partial charge in [0.05, 0.1) is 5.37 Å². The lowest BCUT2D eigenvalue weighted by Crippen LogP contribution is -2.47. The Balaban J connectivity index is 1.92. The van der Waals surface area contributed by atoms with Crippen molar-refractivity contribution in [1.29, 1.82) is 0 Å². The first-order valence-electron chi connectivity index (χ1n) is 6.06. The highest BCUT2D eigenvalue weighted by molar-refractivity contribution is 7.99. The number of rotatable bonds is 1. The Morgan fingerprint density at radius 1 is 1.21 bits per heavy atom. The first-order chi connectivity index (χ1) is 6.71. The van der Waals surface area contributed by atoms with Crippen LogP contribution in [0.2, 0.25) is 0 Å². The zero-order valence-corrected chi connectivity index (χ0v) is 10.3. The molecule has 2 rings (SSSR count). The Morgan fingerprint density at radius 3 is 2.50 bits per heavy atom. The third-order valence-corrected chi connectivity index (χ3v) is 5.66. The van der Waals surface area contributed by atoms with E-state index in [4.69, 9.17) is 0 Å². The molecule has 0 spiro atoms. The maximum Gasteiger partial charge on any atom is 0.0586 e. The second-order valence-electron chi connectivity index (χ2n) is 5.44. The monoisotopic (exact) mass is 213 g/mol.